The van der Waals surface area contributed by atoms with E-state index in [1.807, 2.05) is 31.2 Å². The van der Waals surface area contributed by atoms with Gasteiger partial charge < -0.3 is 15.4 Å². The number of rotatable bonds is 7. The van der Waals surface area contributed by atoms with Crippen LogP contribution in [0.5, 0.6) is 5.75 Å². The number of anilines is 1. The Morgan fingerprint density at radius 2 is 1.75 bits per heavy atom. The van der Waals surface area contributed by atoms with Crippen LogP contribution < -0.4 is 15.4 Å². The first-order valence-corrected chi connectivity index (χ1v) is 7.97. The van der Waals surface area contributed by atoms with E-state index in [0.29, 0.717) is 30.7 Å². The summed E-state index contributed by atoms with van der Waals surface area (Å²) in [5.74, 6) is 0.434. The second-order valence-corrected chi connectivity index (χ2v) is 5.21. The number of carbonyl (C=O) groups excluding carboxylic acids is 2. The van der Waals surface area contributed by atoms with Crippen LogP contribution in [0, 0.1) is 0 Å². The summed E-state index contributed by atoms with van der Waals surface area (Å²) < 4.78 is 5.57. The highest BCUT2D eigenvalue weighted by Gasteiger charge is 2.12. The quantitative estimate of drug-likeness (QED) is 0.822. The predicted octanol–water partition coefficient (Wildman–Crippen LogP) is 3.02. The van der Waals surface area contributed by atoms with Crippen LogP contribution in [-0.4, -0.2) is 25.5 Å². The highest BCUT2D eigenvalue weighted by molar-refractivity contribution is 6.03. The van der Waals surface area contributed by atoms with Gasteiger partial charge in [0.25, 0.3) is 5.91 Å². The Bertz CT molecular complexity index is 713. The van der Waals surface area contributed by atoms with Crippen LogP contribution in [0.3, 0.4) is 0 Å². The van der Waals surface area contributed by atoms with E-state index in [-0.39, 0.29) is 11.8 Å². The maximum absolute atomic E-state index is 12.2. The van der Waals surface area contributed by atoms with Crippen molar-refractivity contribution in [2.75, 3.05) is 19.0 Å². The molecule has 2 amide bonds. The molecule has 0 radical (unpaired) electrons. The number of ether oxygens (including phenoxy) is 1. The van der Waals surface area contributed by atoms with Crippen LogP contribution in [0.15, 0.2) is 48.5 Å². The number of nitrogens with one attached hydrogen (secondary N) is 2. The minimum atomic E-state index is -0.229. The molecule has 0 unspecified atom stereocenters. The van der Waals surface area contributed by atoms with Gasteiger partial charge in [-0.05, 0) is 37.1 Å². The molecule has 0 aliphatic carbocycles. The summed E-state index contributed by atoms with van der Waals surface area (Å²) in [6.07, 6.45) is 0.885. The summed E-state index contributed by atoms with van der Waals surface area (Å²) in [6.45, 7) is 2.52. The fourth-order valence-corrected chi connectivity index (χ4v) is 2.39. The van der Waals surface area contributed by atoms with Crippen LogP contribution in [0.4, 0.5) is 5.69 Å². The first kappa shape index (κ1) is 17.5. The predicted molar refractivity (Wildman–Crippen MR) is 94.4 cm³/mol. The van der Waals surface area contributed by atoms with Crippen molar-refractivity contribution in [2.45, 2.75) is 19.8 Å². The molecule has 0 spiro atoms. The van der Waals surface area contributed by atoms with Crippen molar-refractivity contribution in [3.8, 4) is 5.75 Å². The van der Waals surface area contributed by atoms with Gasteiger partial charge in [0.1, 0.15) is 5.75 Å². The van der Waals surface area contributed by atoms with Gasteiger partial charge in [0, 0.05) is 13.5 Å². The molecule has 0 aliphatic heterocycles. The van der Waals surface area contributed by atoms with Gasteiger partial charge in [-0.1, -0.05) is 30.3 Å². The molecule has 5 nitrogen and oxygen atoms in total. The molecule has 2 aromatic carbocycles. The van der Waals surface area contributed by atoms with Crippen LogP contribution in [0.1, 0.15) is 29.3 Å². The minimum absolute atomic E-state index is 0.141. The fourth-order valence-electron chi connectivity index (χ4n) is 2.39. The van der Waals surface area contributed by atoms with Gasteiger partial charge in [-0.25, -0.2) is 0 Å². The molecule has 0 saturated heterocycles. The largest absolute Gasteiger partial charge is 0.494 e. The lowest BCUT2D eigenvalue weighted by atomic mass is 10.1. The lowest BCUT2D eigenvalue weighted by Crippen LogP contribution is -2.21. The summed E-state index contributed by atoms with van der Waals surface area (Å²) >= 11 is 0. The maximum Gasteiger partial charge on any atom is 0.253 e. The third-order valence-electron chi connectivity index (χ3n) is 3.57. The molecule has 126 valence electrons. The second kappa shape index (κ2) is 8.72. The molecule has 0 bridgehead atoms. The molecule has 2 rings (SSSR count). The second-order valence-electron chi connectivity index (χ2n) is 5.21. The zero-order chi connectivity index (χ0) is 17.4. The first-order valence-electron chi connectivity index (χ1n) is 7.97. The molecule has 0 saturated carbocycles. The molecule has 2 N–H and O–H groups in total. The van der Waals surface area contributed by atoms with Crippen molar-refractivity contribution in [1.82, 2.24) is 5.32 Å². The van der Waals surface area contributed by atoms with E-state index in [1.54, 1.807) is 31.3 Å². The van der Waals surface area contributed by atoms with Gasteiger partial charge in [-0.3, -0.25) is 9.59 Å². The molecule has 5 heteroatoms. The van der Waals surface area contributed by atoms with Crippen molar-refractivity contribution in [2.24, 2.45) is 0 Å². The average Bonchev–Trinajstić information content (AvgIpc) is 2.61. The Hall–Kier alpha value is -2.82. The summed E-state index contributed by atoms with van der Waals surface area (Å²) in [5, 5.41) is 5.37. The Kier molecular flexibility index (Phi) is 6.37. The summed E-state index contributed by atoms with van der Waals surface area (Å²) in [5.41, 5.74) is 1.96. The Labute approximate surface area is 142 Å². The van der Waals surface area contributed by atoms with Crippen molar-refractivity contribution in [1.29, 1.82) is 0 Å². The van der Waals surface area contributed by atoms with Crippen molar-refractivity contribution in [3.05, 3.63) is 59.7 Å². The summed E-state index contributed by atoms with van der Waals surface area (Å²) in [6, 6.07) is 14.6. The fraction of sp³-hybridized carbons (Fsp3) is 0.263. The van der Waals surface area contributed by atoms with E-state index < -0.39 is 0 Å². The van der Waals surface area contributed by atoms with E-state index in [1.165, 1.54) is 0 Å². The van der Waals surface area contributed by atoms with Crippen LogP contribution in [-0.2, 0) is 11.2 Å². The number of hydrogen-bond donors (Lipinski definition) is 2. The number of para-hydroxylation sites is 2. The number of aryl methyl sites for hydroxylation is 1. The number of carbonyl (C=O) groups is 2. The van der Waals surface area contributed by atoms with Crippen molar-refractivity contribution < 1.29 is 14.3 Å². The Balaban J connectivity index is 2.01. The lowest BCUT2D eigenvalue weighted by Gasteiger charge is -2.11. The van der Waals surface area contributed by atoms with E-state index in [2.05, 4.69) is 10.6 Å². The summed E-state index contributed by atoms with van der Waals surface area (Å²) in [7, 11) is 1.56. The molecule has 0 heterocycles. The van der Waals surface area contributed by atoms with E-state index >= 15 is 0 Å². The van der Waals surface area contributed by atoms with Crippen molar-refractivity contribution in [3.63, 3.8) is 0 Å². The Morgan fingerprint density at radius 3 is 2.50 bits per heavy atom. The van der Waals surface area contributed by atoms with E-state index in [4.69, 9.17) is 4.74 Å². The third-order valence-corrected chi connectivity index (χ3v) is 3.57. The van der Waals surface area contributed by atoms with Gasteiger partial charge in [-0.15, -0.1) is 0 Å². The monoisotopic (exact) mass is 326 g/mol. The van der Waals surface area contributed by atoms with Crippen LogP contribution >= 0.6 is 0 Å². The zero-order valence-corrected chi connectivity index (χ0v) is 14.0. The topological polar surface area (TPSA) is 67.4 Å². The van der Waals surface area contributed by atoms with Crippen LogP contribution in [0.25, 0.3) is 0 Å². The van der Waals surface area contributed by atoms with Gasteiger partial charge in [0.2, 0.25) is 5.91 Å². The molecule has 2 aromatic rings. The number of hydrogen-bond acceptors (Lipinski definition) is 3. The van der Waals surface area contributed by atoms with Gasteiger partial charge >= 0.3 is 0 Å². The molecule has 0 aliphatic rings. The van der Waals surface area contributed by atoms with Crippen LogP contribution in [0.2, 0.25) is 0 Å². The SMILES string of the molecule is CCOc1ccccc1CCC(=O)Nc1ccccc1C(=O)NC. The smallest absolute Gasteiger partial charge is 0.253 e. The molecule has 0 fully saturated rings. The highest BCUT2D eigenvalue weighted by atomic mass is 16.5. The molecule has 0 atom stereocenters. The first-order chi connectivity index (χ1) is 11.7. The van der Waals surface area contributed by atoms with E-state index in [0.717, 1.165) is 11.3 Å². The zero-order valence-electron chi connectivity index (χ0n) is 14.0. The average molecular weight is 326 g/mol. The number of benzene rings is 2. The standard InChI is InChI=1S/C19H22N2O3/c1-3-24-17-11-7-4-8-14(17)12-13-18(22)21-16-10-6-5-9-15(16)19(23)20-2/h4-11H,3,12-13H2,1-2H3,(H,20,23)(H,21,22). The molecule has 24 heavy (non-hydrogen) atoms. The molecular formula is C19H22N2O3. The Morgan fingerprint density at radius 1 is 1.04 bits per heavy atom. The van der Waals surface area contributed by atoms with Gasteiger partial charge in [0.15, 0.2) is 0 Å². The lowest BCUT2D eigenvalue weighted by molar-refractivity contribution is -0.116. The highest BCUT2D eigenvalue weighted by Crippen LogP contribution is 2.20. The molecule has 0 aromatic heterocycles. The van der Waals surface area contributed by atoms with Gasteiger partial charge in [0.05, 0.1) is 17.9 Å². The van der Waals surface area contributed by atoms with Gasteiger partial charge in [-0.2, -0.15) is 0 Å². The number of amides is 2. The third kappa shape index (κ3) is 4.59. The maximum atomic E-state index is 12.2. The van der Waals surface area contributed by atoms with E-state index in [9.17, 15) is 9.59 Å². The van der Waals surface area contributed by atoms with Crippen molar-refractivity contribution >= 4 is 17.5 Å². The molecular weight excluding hydrogens is 304 g/mol. The summed E-state index contributed by atoms with van der Waals surface area (Å²) in [4.78, 5) is 24.1. The normalized spacial score (nSPS) is 10.1. The minimum Gasteiger partial charge on any atom is -0.494 e.